The van der Waals surface area contributed by atoms with Gasteiger partial charge in [-0.05, 0) is 26.2 Å². The maximum absolute atomic E-state index is 12.0. The van der Waals surface area contributed by atoms with Gasteiger partial charge in [-0.1, -0.05) is 45.4 Å². The summed E-state index contributed by atoms with van der Waals surface area (Å²) < 4.78 is 0. The minimum Gasteiger partial charge on any atom is -0.481 e. The van der Waals surface area contributed by atoms with E-state index in [0.29, 0.717) is 12.8 Å². The molecule has 0 aromatic carbocycles. The molecular weight excluding hydrogens is 254 g/mol. The average Bonchev–Trinajstić information content (AvgIpc) is 2.84. The van der Waals surface area contributed by atoms with Gasteiger partial charge in [0, 0.05) is 12.5 Å². The molecule has 0 aliphatic heterocycles. The monoisotopic (exact) mass is 283 g/mol. The van der Waals surface area contributed by atoms with Gasteiger partial charge in [0.15, 0.2) is 0 Å². The lowest BCUT2D eigenvalue weighted by Crippen LogP contribution is -2.39. The second-order valence-corrected chi connectivity index (χ2v) is 6.29. The lowest BCUT2D eigenvalue weighted by molar-refractivity contribution is -0.151. The smallest absolute Gasteiger partial charge is 0.310 e. The fraction of sp³-hybridized carbons (Fsp3) is 0.875. The van der Waals surface area contributed by atoms with Crippen LogP contribution in [0.5, 0.6) is 0 Å². The Labute approximate surface area is 122 Å². The van der Waals surface area contributed by atoms with E-state index in [4.69, 9.17) is 0 Å². The van der Waals surface area contributed by atoms with Gasteiger partial charge in [-0.2, -0.15) is 0 Å². The Kier molecular flexibility index (Phi) is 7.03. The Morgan fingerprint density at radius 1 is 1.20 bits per heavy atom. The molecule has 0 spiro atoms. The molecule has 4 heteroatoms. The lowest BCUT2D eigenvalue weighted by atomic mass is 9.82. The van der Waals surface area contributed by atoms with Crippen LogP contribution in [-0.4, -0.2) is 23.0 Å². The zero-order chi connectivity index (χ0) is 15.0. The van der Waals surface area contributed by atoms with Crippen LogP contribution >= 0.6 is 0 Å². The highest BCUT2D eigenvalue weighted by molar-refractivity contribution is 5.85. The Balaban J connectivity index is 2.33. The molecule has 20 heavy (non-hydrogen) atoms. The van der Waals surface area contributed by atoms with Gasteiger partial charge in [0.1, 0.15) is 0 Å². The van der Waals surface area contributed by atoms with Crippen molar-refractivity contribution in [1.29, 1.82) is 0 Å². The molecule has 0 aromatic heterocycles. The van der Waals surface area contributed by atoms with E-state index in [-0.39, 0.29) is 18.4 Å². The van der Waals surface area contributed by atoms with E-state index in [2.05, 4.69) is 12.2 Å². The zero-order valence-corrected chi connectivity index (χ0v) is 12.9. The van der Waals surface area contributed by atoms with Gasteiger partial charge in [0.2, 0.25) is 5.91 Å². The normalized spacial score (nSPS) is 18.7. The van der Waals surface area contributed by atoms with Crippen molar-refractivity contribution in [2.75, 3.05) is 0 Å². The minimum absolute atomic E-state index is 0.0997. The molecule has 1 fully saturated rings. The largest absolute Gasteiger partial charge is 0.481 e. The van der Waals surface area contributed by atoms with Crippen molar-refractivity contribution in [3.05, 3.63) is 0 Å². The van der Waals surface area contributed by atoms with Gasteiger partial charge >= 0.3 is 5.97 Å². The molecule has 0 bridgehead atoms. The molecule has 116 valence electrons. The van der Waals surface area contributed by atoms with Crippen LogP contribution in [0, 0.1) is 5.41 Å². The third-order valence-corrected chi connectivity index (χ3v) is 4.41. The summed E-state index contributed by atoms with van der Waals surface area (Å²) >= 11 is 0. The van der Waals surface area contributed by atoms with Gasteiger partial charge in [-0.25, -0.2) is 0 Å². The summed E-state index contributed by atoms with van der Waals surface area (Å²) in [5.41, 5.74) is -0.800. The summed E-state index contributed by atoms with van der Waals surface area (Å²) in [6.45, 7) is 4.18. The van der Waals surface area contributed by atoms with Crippen molar-refractivity contribution < 1.29 is 14.7 Å². The number of hydrogen-bond acceptors (Lipinski definition) is 2. The third-order valence-electron chi connectivity index (χ3n) is 4.41. The van der Waals surface area contributed by atoms with Gasteiger partial charge < -0.3 is 10.4 Å². The van der Waals surface area contributed by atoms with E-state index in [1.54, 1.807) is 0 Å². The van der Waals surface area contributed by atoms with E-state index in [1.165, 1.54) is 19.3 Å². The Morgan fingerprint density at radius 2 is 1.85 bits per heavy atom. The molecule has 0 saturated heterocycles. The van der Waals surface area contributed by atoms with Crippen LogP contribution in [0.4, 0.5) is 0 Å². The number of carboxylic acid groups (broad SMARTS) is 1. The van der Waals surface area contributed by atoms with Crippen molar-refractivity contribution in [3.63, 3.8) is 0 Å². The second kappa shape index (κ2) is 8.28. The number of aliphatic carboxylic acids is 1. The SMILES string of the molecule is CCCCCCC(C)NC(=O)CC1(C(=O)O)CCCC1. The number of carbonyl (C=O) groups excluding carboxylic acids is 1. The molecule has 0 radical (unpaired) electrons. The van der Waals surface area contributed by atoms with E-state index in [9.17, 15) is 14.7 Å². The lowest BCUT2D eigenvalue weighted by Gasteiger charge is -2.24. The van der Waals surface area contributed by atoms with Crippen LogP contribution in [0.1, 0.15) is 78.1 Å². The molecule has 0 aromatic rings. The molecule has 4 nitrogen and oxygen atoms in total. The highest BCUT2D eigenvalue weighted by Gasteiger charge is 2.43. The second-order valence-electron chi connectivity index (χ2n) is 6.29. The first kappa shape index (κ1) is 17.0. The number of amides is 1. The number of unbranched alkanes of at least 4 members (excludes halogenated alkanes) is 3. The van der Waals surface area contributed by atoms with Crippen LogP contribution in [0.15, 0.2) is 0 Å². The van der Waals surface area contributed by atoms with Crippen LogP contribution in [0.3, 0.4) is 0 Å². The third kappa shape index (κ3) is 5.14. The van der Waals surface area contributed by atoms with Crippen molar-refractivity contribution in [1.82, 2.24) is 5.32 Å². The van der Waals surface area contributed by atoms with Crippen molar-refractivity contribution in [2.24, 2.45) is 5.41 Å². The summed E-state index contributed by atoms with van der Waals surface area (Å²) in [6.07, 6.45) is 9.02. The standard InChI is InChI=1S/C16H29NO3/c1-3-4-5-6-9-13(2)17-14(18)12-16(15(19)20)10-7-8-11-16/h13H,3-12H2,1-2H3,(H,17,18)(H,19,20). The van der Waals surface area contributed by atoms with Crippen molar-refractivity contribution >= 4 is 11.9 Å². The highest BCUT2D eigenvalue weighted by atomic mass is 16.4. The summed E-state index contributed by atoms with van der Waals surface area (Å²) in [4.78, 5) is 23.4. The zero-order valence-electron chi connectivity index (χ0n) is 12.9. The Hall–Kier alpha value is -1.06. The molecule has 0 heterocycles. The number of rotatable bonds is 9. The minimum atomic E-state index is -0.805. The van der Waals surface area contributed by atoms with Crippen molar-refractivity contribution in [3.8, 4) is 0 Å². The number of carboxylic acids is 1. The fourth-order valence-electron chi connectivity index (χ4n) is 3.10. The summed E-state index contributed by atoms with van der Waals surface area (Å²) in [7, 11) is 0. The highest BCUT2D eigenvalue weighted by Crippen LogP contribution is 2.41. The topological polar surface area (TPSA) is 66.4 Å². The predicted molar refractivity (Wildman–Crippen MR) is 79.5 cm³/mol. The van der Waals surface area contributed by atoms with Crippen LogP contribution in [0.2, 0.25) is 0 Å². The Morgan fingerprint density at radius 3 is 2.40 bits per heavy atom. The first-order valence-corrected chi connectivity index (χ1v) is 8.03. The summed E-state index contributed by atoms with van der Waals surface area (Å²) in [5, 5.41) is 12.3. The quantitative estimate of drug-likeness (QED) is 0.636. The molecule has 1 aliphatic carbocycles. The predicted octanol–water partition coefficient (Wildman–Crippen LogP) is 3.50. The number of nitrogens with one attached hydrogen (secondary N) is 1. The van der Waals surface area contributed by atoms with Crippen LogP contribution < -0.4 is 5.32 Å². The van der Waals surface area contributed by atoms with E-state index in [1.807, 2.05) is 6.92 Å². The van der Waals surface area contributed by atoms with Crippen LogP contribution in [-0.2, 0) is 9.59 Å². The fourth-order valence-corrected chi connectivity index (χ4v) is 3.10. The Bertz CT molecular complexity index is 322. The molecule has 1 unspecified atom stereocenters. The first-order chi connectivity index (χ1) is 9.50. The van der Waals surface area contributed by atoms with E-state index >= 15 is 0 Å². The van der Waals surface area contributed by atoms with Crippen LogP contribution in [0.25, 0.3) is 0 Å². The maximum Gasteiger partial charge on any atom is 0.310 e. The van der Waals surface area contributed by atoms with Crippen molar-refractivity contribution in [2.45, 2.75) is 84.1 Å². The van der Waals surface area contributed by atoms with E-state index < -0.39 is 11.4 Å². The molecule has 1 saturated carbocycles. The maximum atomic E-state index is 12.0. The molecule has 1 rings (SSSR count). The van der Waals surface area contributed by atoms with Gasteiger partial charge in [-0.3, -0.25) is 9.59 Å². The molecule has 2 N–H and O–H groups in total. The average molecular weight is 283 g/mol. The molecule has 1 aliphatic rings. The van der Waals surface area contributed by atoms with Gasteiger partial charge in [-0.15, -0.1) is 0 Å². The summed E-state index contributed by atoms with van der Waals surface area (Å²) in [5.74, 6) is -0.905. The summed E-state index contributed by atoms with van der Waals surface area (Å²) in [6, 6.07) is 0.145. The number of carbonyl (C=O) groups is 2. The molecular formula is C16H29NO3. The van der Waals surface area contributed by atoms with E-state index in [0.717, 1.165) is 25.7 Å². The number of hydrogen-bond donors (Lipinski definition) is 2. The van der Waals surface area contributed by atoms with Gasteiger partial charge in [0.05, 0.1) is 5.41 Å². The molecule has 1 amide bonds. The first-order valence-electron chi connectivity index (χ1n) is 8.03. The van der Waals surface area contributed by atoms with Gasteiger partial charge in [0.25, 0.3) is 0 Å². The molecule has 1 atom stereocenters.